The second kappa shape index (κ2) is 8.07. The highest BCUT2D eigenvalue weighted by Gasteiger charge is 2.46. The Bertz CT molecular complexity index is 989. The van der Waals surface area contributed by atoms with Crippen molar-refractivity contribution in [1.82, 2.24) is 15.1 Å². The standard InChI is InChI=1S/C21H25F3N4O3/c1-30-10-8-28-18(25)17-16(27-28)12-20(26-19(17)29)7-5-13-11-14(3-4-15(13)20)31-9-2-6-21(22,23)24/h3-4,11H,2,5-10,12,25H2,1H3,(H,26,29)/t20-/m0/s1. The summed E-state index contributed by atoms with van der Waals surface area (Å²) < 4.78 is 49.0. The summed E-state index contributed by atoms with van der Waals surface area (Å²) in [7, 11) is 1.59. The summed E-state index contributed by atoms with van der Waals surface area (Å²) in [6.07, 6.45) is -3.17. The quantitative estimate of drug-likeness (QED) is 0.649. The van der Waals surface area contributed by atoms with Gasteiger partial charge in [-0.1, -0.05) is 6.07 Å². The lowest BCUT2D eigenvalue weighted by atomic mass is 9.83. The third-order valence-corrected chi connectivity index (χ3v) is 5.91. The molecule has 2 aliphatic rings. The van der Waals surface area contributed by atoms with E-state index in [0.29, 0.717) is 48.8 Å². The summed E-state index contributed by atoms with van der Waals surface area (Å²) in [6, 6.07) is 5.48. The number of nitrogens with one attached hydrogen (secondary N) is 1. The molecule has 0 radical (unpaired) electrons. The third kappa shape index (κ3) is 4.21. The number of nitrogens with zero attached hydrogens (tertiary/aromatic N) is 2. The van der Waals surface area contributed by atoms with Crippen LogP contribution in [0.2, 0.25) is 0 Å². The van der Waals surface area contributed by atoms with Gasteiger partial charge >= 0.3 is 6.18 Å². The van der Waals surface area contributed by atoms with Crippen LogP contribution >= 0.6 is 0 Å². The molecule has 1 amide bonds. The Kier molecular flexibility index (Phi) is 5.59. The molecule has 4 rings (SSSR count). The molecule has 0 saturated carbocycles. The lowest BCUT2D eigenvalue weighted by Gasteiger charge is -2.34. The van der Waals surface area contributed by atoms with Crippen molar-refractivity contribution in [3.8, 4) is 5.75 Å². The predicted molar refractivity (Wildman–Crippen MR) is 107 cm³/mol. The van der Waals surface area contributed by atoms with Crippen LogP contribution in [-0.4, -0.2) is 42.2 Å². The van der Waals surface area contributed by atoms with Crippen molar-refractivity contribution in [2.45, 2.75) is 50.4 Å². The molecule has 0 unspecified atom stereocenters. The number of rotatable bonds is 7. The van der Waals surface area contributed by atoms with Gasteiger partial charge < -0.3 is 20.5 Å². The van der Waals surface area contributed by atoms with Crippen LogP contribution in [0, 0.1) is 0 Å². The SMILES string of the molecule is COCCn1nc2c(c1N)C(=O)N[C@@]1(CCc3cc(OCCCC(F)(F)F)ccc31)C2. The van der Waals surface area contributed by atoms with Crippen LogP contribution in [-0.2, 0) is 29.7 Å². The molecule has 0 bridgehead atoms. The normalized spacial score (nSPS) is 19.9. The molecule has 1 atom stereocenters. The van der Waals surface area contributed by atoms with Crippen LogP contribution in [0.3, 0.4) is 0 Å². The van der Waals surface area contributed by atoms with Gasteiger partial charge in [-0.15, -0.1) is 0 Å². The van der Waals surface area contributed by atoms with Crippen molar-refractivity contribution in [2.24, 2.45) is 0 Å². The van der Waals surface area contributed by atoms with Gasteiger partial charge in [0.2, 0.25) is 0 Å². The molecule has 10 heteroatoms. The molecular weight excluding hydrogens is 413 g/mol. The van der Waals surface area contributed by atoms with E-state index in [2.05, 4.69) is 10.4 Å². The first-order valence-corrected chi connectivity index (χ1v) is 10.2. The average molecular weight is 438 g/mol. The van der Waals surface area contributed by atoms with E-state index in [1.54, 1.807) is 17.9 Å². The second-order valence-corrected chi connectivity index (χ2v) is 8.02. The first-order valence-electron chi connectivity index (χ1n) is 10.2. The molecule has 1 aromatic heterocycles. The summed E-state index contributed by atoms with van der Waals surface area (Å²) in [5, 5.41) is 7.69. The van der Waals surface area contributed by atoms with Gasteiger partial charge in [-0.05, 0) is 42.5 Å². The summed E-state index contributed by atoms with van der Waals surface area (Å²) in [5.74, 6) is 0.622. The van der Waals surface area contributed by atoms with Crippen molar-refractivity contribution in [3.63, 3.8) is 0 Å². The molecule has 0 saturated heterocycles. The van der Waals surface area contributed by atoms with Crippen LogP contribution < -0.4 is 15.8 Å². The number of fused-ring (bicyclic) bond motifs is 3. The Labute approximate surface area is 177 Å². The fourth-order valence-electron chi connectivity index (χ4n) is 4.45. The van der Waals surface area contributed by atoms with Crippen molar-refractivity contribution in [1.29, 1.82) is 0 Å². The minimum Gasteiger partial charge on any atom is -0.494 e. The summed E-state index contributed by atoms with van der Waals surface area (Å²) in [5.41, 5.74) is 8.65. The topological polar surface area (TPSA) is 91.4 Å². The van der Waals surface area contributed by atoms with E-state index in [9.17, 15) is 18.0 Å². The van der Waals surface area contributed by atoms with E-state index in [-0.39, 0.29) is 18.9 Å². The number of alkyl halides is 3. The Morgan fingerprint density at radius 2 is 2.13 bits per heavy atom. The molecule has 1 aliphatic carbocycles. The number of ether oxygens (including phenoxy) is 2. The Morgan fingerprint density at radius 1 is 1.32 bits per heavy atom. The van der Waals surface area contributed by atoms with Crippen molar-refractivity contribution in [2.75, 3.05) is 26.1 Å². The number of anilines is 1. The van der Waals surface area contributed by atoms with Gasteiger partial charge in [0, 0.05) is 20.0 Å². The number of nitrogen functional groups attached to an aromatic ring is 1. The average Bonchev–Trinajstić information content (AvgIpc) is 3.20. The number of hydrogen-bond donors (Lipinski definition) is 2. The Morgan fingerprint density at radius 3 is 2.87 bits per heavy atom. The number of hydrogen-bond acceptors (Lipinski definition) is 5. The maximum absolute atomic E-state index is 12.9. The zero-order valence-electron chi connectivity index (χ0n) is 17.2. The van der Waals surface area contributed by atoms with Crippen molar-refractivity contribution >= 4 is 11.7 Å². The van der Waals surface area contributed by atoms with E-state index in [4.69, 9.17) is 15.2 Å². The van der Waals surface area contributed by atoms with Crippen LogP contribution in [0.4, 0.5) is 19.0 Å². The summed E-state index contributed by atoms with van der Waals surface area (Å²) in [4.78, 5) is 12.9. The van der Waals surface area contributed by atoms with Gasteiger partial charge in [0.1, 0.15) is 17.1 Å². The second-order valence-electron chi connectivity index (χ2n) is 8.02. The fourth-order valence-corrected chi connectivity index (χ4v) is 4.45. The van der Waals surface area contributed by atoms with Crippen molar-refractivity contribution in [3.05, 3.63) is 40.6 Å². The van der Waals surface area contributed by atoms with Gasteiger partial charge in [-0.25, -0.2) is 4.68 Å². The molecule has 168 valence electrons. The van der Waals surface area contributed by atoms with E-state index < -0.39 is 18.1 Å². The summed E-state index contributed by atoms with van der Waals surface area (Å²) in [6.45, 7) is 0.898. The number of amides is 1. The molecule has 2 aromatic rings. The fraction of sp³-hybridized carbons (Fsp3) is 0.524. The lowest BCUT2D eigenvalue weighted by molar-refractivity contribution is -0.136. The van der Waals surface area contributed by atoms with Crippen molar-refractivity contribution < 1.29 is 27.4 Å². The summed E-state index contributed by atoms with van der Waals surface area (Å²) >= 11 is 0. The zero-order chi connectivity index (χ0) is 22.2. The number of carbonyl (C=O) groups is 1. The number of aryl methyl sites for hydroxylation is 1. The molecule has 1 aliphatic heterocycles. The molecule has 3 N–H and O–H groups in total. The first-order chi connectivity index (χ1) is 14.7. The molecule has 2 heterocycles. The minimum atomic E-state index is -4.17. The van der Waals surface area contributed by atoms with E-state index in [0.717, 1.165) is 17.5 Å². The van der Waals surface area contributed by atoms with Crippen LogP contribution in [0.1, 0.15) is 46.4 Å². The van der Waals surface area contributed by atoms with Crippen LogP contribution in [0.15, 0.2) is 18.2 Å². The van der Waals surface area contributed by atoms with Crippen LogP contribution in [0.5, 0.6) is 5.75 Å². The van der Waals surface area contributed by atoms with Gasteiger partial charge in [-0.2, -0.15) is 18.3 Å². The highest BCUT2D eigenvalue weighted by molar-refractivity contribution is 6.01. The minimum absolute atomic E-state index is 0.00171. The van der Waals surface area contributed by atoms with E-state index >= 15 is 0 Å². The molecular formula is C21H25F3N4O3. The number of halogens is 3. The zero-order valence-corrected chi connectivity index (χ0v) is 17.2. The monoisotopic (exact) mass is 438 g/mol. The maximum atomic E-state index is 12.9. The van der Waals surface area contributed by atoms with Gasteiger partial charge in [0.05, 0.1) is 31.0 Å². The highest BCUT2D eigenvalue weighted by atomic mass is 19.4. The Hall–Kier alpha value is -2.75. The lowest BCUT2D eigenvalue weighted by Crippen LogP contribution is -2.49. The molecule has 0 fully saturated rings. The molecule has 7 nitrogen and oxygen atoms in total. The third-order valence-electron chi connectivity index (χ3n) is 5.91. The predicted octanol–water partition coefficient (Wildman–Crippen LogP) is 2.96. The first kappa shape index (κ1) is 21.5. The molecule has 1 spiro atoms. The number of aromatic nitrogens is 2. The largest absolute Gasteiger partial charge is 0.494 e. The van der Waals surface area contributed by atoms with Gasteiger partial charge in [-0.3, -0.25) is 4.79 Å². The van der Waals surface area contributed by atoms with Gasteiger partial charge in [0.25, 0.3) is 5.91 Å². The van der Waals surface area contributed by atoms with Gasteiger partial charge in [0.15, 0.2) is 0 Å². The van der Waals surface area contributed by atoms with E-state index in [1.165, 1.54) is 0 Å². The van der Waals surface area contributed by atoms with E-state index in [1.807, 2.05) is 12.1 Å². The number of methoxy groups -OCH3 is 1. The Balaban J connectivity index is 1.51. The maximum Gasteiger partial charge on any atom is 0.389 e. The highest BCUT2D eigenvalue weighted by Crippen LogP contribution is 2.44. The number of nitrogens with two attached hydrogens (primary N) is 1. The number of carbonyl (C=O) groups excluding carboxylic acids is 1. The van der Waals surface area contributed by atoms with Crippen LogP contribution in [0.25, 0.3) is 0 Å². The number of benzene rings is 1. The smallest absolute Gasteiger partial charge is 0.389 e. The molecule has 1 aromatic carbocycles. The molecule has 31 heavy (non-hydrogen) atoms.